The number of pyridine rings is 1. The second kappa shape index (κ2) is 11.5. The van der Waals surface area contributed by atoms with E-state index in [1.54, 1.807) is 30.6 Å². The van der Waals surface area contributed by atoms with Crippen molar-refractivity contribution in [2.45, 2.75) is 32.3 Å². The molecule has 28 heavy (non-hydrogen) atoms. The first kappa shape index (κ1) is 24.6. The molecule has 0 saturated carbocycles. The highest BCUT2D eigenvalue weighted by molar-refractivity contribution is 14.0. The first-order chi connectivity index (χ1) is 12.8. The minimum absolute atomic E-state index is 0. The van der Waals surface area contributed by atoms with Gasteiger partial charge in [0.05, 0.1) is 12.6 Å². The zero-order chi connectivity index (χ0) is 19.9. The average molecular weight is 521 g/mol. The Labute approximate surface area is 187 Å². The maximum atomic E-state index is 13.3. The molecule has 0 bridgehead atoms. The summed E-state index contributed by atoms with van der Waals surface area (Å²) in [5.41, 5.74) is 1.24. The fraction of sp³-hybridized carbons (Fsp3) is 0.400. The molecule has 1 unspecified atom stereocenters. The smallest absolute Gasteiger partial charge is 0.191 e. The van der Waals surface area contributed by atoms with Gasteiger partial charge in [-0.25, -0.2) is 4.39 Å². The number of halogens is 3. The maximum Gasteiger partial charge on any atom is 0.191 e. The number of aliphatic hydroxyl groups excluding tert-OH is 1. The third-order valence-corrected chi connectivity index (χ3v) is 4.50. The minimum Gasteiger partial charge on any atom is -0.387 e. The van der Waals surface area contributed by atoms with Crippen LogP contribution in [0.4, 0.5) is 4.39 Å². The van der Waals surface area contributed by atoms with E-state index in [0.29, 0.717) is 30.6 Å². The second-order valence-corrected chi connectivity index (χ2v) is 7.29. The molecule has 0 aliphatic rings. The van der Waals surface area contributed by atoms with Gasteiger partial charge in [0.2, 0.25) is 0 Å². The fourth-order valence-corrected chi connectivity index (χ4v) is 3.06. The van der Waals surface area contributed by atoms with Crippen LogP contribution in [0.25, 0.3) is 0 Å². The molecule has 0 amide bonds. The average Bonchev–Trinajstić information content (AvgIpc) is 2.64. The highest BCUT2D eigenvalue weighted by atomic mass is 127. The summed E-state index contributed by atoms with van der Waals surface area (Å²) in [7, 11) is 0. The van der Waals surface area contributed by atoms with E-state index in [2.05, 4.69) is 20.6 Å². The van der Waals surface area contributed by atoms with Crippen molar-refractivity contribution < 1.29 is 9.50 Å². The maximum absolute atomic E-state index is 13.3. The molecule has 0 radical (unpaired) electrons. The second-order valence-electron chi connectivity index (χ2n) is 6.88. The predicted octanol–water partition coefficient (Wildman–Crippen LogP) is 4.06. The normalized spacial score (nSPS) is 12.9. The lowest BCUT2D eigenvalue weighted by Crippen LogP contribution is -2.40. The van der Waals surface area contributed by atoms with Gasteiger partial charge in [-0.1, -0.05) is 31.5 Å². The van der Waals surface area contributed by atoms with Crippen molar-refractivity contribution in [2.24, 2.45) is 4.99 Å². The molecule has 8 heteroatoms. The number of hydrogen-bond donors (Lipinski definition) is 3. The van der Waals surface area contributed by atoms with Crippen LogP contribution in [-0.4, -0.2) is 35.7 Å². The number of nitrogens with one attached hydrogen (secondary N) is 2. The Hall–Kier alpha value is -1.45. The molecule has 1 aromatic heterocycles. The largest absolute Gasteiger partial charge is 0.387 e. The SMILES string of the molecule is CCNC(=NCC(C)(C)c1ccc(F)cc1Cl)NCC(O)c1ccncc1.I. The van der Waals surface area contributed by atoms with Gasteiger partial charge in [-0.15, -0.1) is 24.0 Å². The molecule has 1 heterocycles. The van der Waals surface area contributed by atoms with E-state index in [4.69, 9.17) is 11.6 Å². The molecular formula is C20H27ClFIN4O. The summed E-state index contributed by atoms with van der Waals surface area (Å²) in [5, 5.41) is 17.0. The Morgan fingerprint density at radius 3 is 2.54 bits per heavy atom. The van der Waals surface area contributed by atoms with Crippen molar-refractivity contribution in [3.8, 4) is 0 Å². The minimum atomic E-state index is -0.670. The summed E-state index contributed by atoms with van der Waals surface area (Å²) in [5.74, 6) is 0.236. The van der Waals surface area contributed by atoms with Crippen LogP contribution in [0.2, 0.25) is 5.02 Å². The van der Waals surface area contributed by atoms with Gasteiger partial charge >= 0.3 is 0 Å². The third-order valence-electron chi connectivity index (χ3n) is 4.19. The van der Waals surface area contributed by atoms with Crippen molar-refractivity contribution in [1.82, 2.24) is 15.6 Å². The van der Waals surface area contributed by atoms with E-state index in [1.807, 2.05) is 20.8 Å². The standard InChI is InChI=1S/C20H26ClFN4O.HI/c1-4-24-19(25-12-18(27)14-7-9-23-10-8-14)26-13-20(2,3)16-6-5-15(22)11-17(16)21;/h5-11,18,27H,4,12-13H2,1-3H3,(H2,24,25,26);1H. The summed E-state index contributed by atoms with van der Waals surface area (Å²) in [6.45, 7) is 7.43. The first-order valence-corrected chi connectivity index (χ1v) is 9.27. The number of hydrogen-bond acceptors (Lipinski definition) is 3. The van der Waals surface area contributed by atoms with Crippen molar-refractivity contribution in [3.05, 3.63) is 64.7 Å². The molecule has 2 aromatic rings. The number of benzene rings is 1. The van der Waals surface area contributed by atoms with Gasteiger partial charge in [-0.3, -0.25) is 9.98 Å². The van der Waals surface area contributed by atoms with Crippen molar-refractivity contribution in [1.29, 1.82) is 0 Å². The van der Waals surface area contributed by atoms with E-state index >= 15 is 0 Å². The summed E-state index contributed by atoms with van der Waals surface area (Å²) in [6, 6.07) is 7.96. The van der Waals surface area contributed by atoms with Crippen molar-refractivity contribution in [3.63, 3.8) is 0 Å². The Kier molecular flexibility index (Phi) is 10.1. The van der Waals surface area contributed by atoms with Crippen LogP contribution in [0.1, 0.15) is 38.0 Å². The van der Waals surface area contributed by atoms with E-state index in [0.717, 1.165) is 11.1 Å². The molecule has 1 aromatic carbocycles. The van der Waals surface area contributed by atoms with Crippen LogP contribution in [0.3, 0.4) is 0 Å². The van der Waals surface area contributed by atoms with E-state index in [9.17, 15) is 9.50 Å². The van der Waals surface area contributed by atoms with Crippen molar-refractivity contribution in [2.75, 3.05) is 19.6 Å². The van der Waals surface area contributed by atoms with E-state index < -0.39 is 6.10 Å². The summed E-state index contributed by atoms with van der Waals surface area (Å²) in [4.78, 5) is 8.56. The number of aliphatic hydroxyl groups is 1. The van der Waals surface area contributed by atoms with Crippen LogP contribution in [-0.2, 0) is 5.41 Å². The summed E-state index contributed by atoms with van der Waals surface area (Å²) < 4.78 is 13.3. The highest BCUT2D eigenvalue weighted by Gasteiger charge is 2.23. The molecule has 0 spiro atoms. The zero-order valence-corrected chi connectivity index (χ0v) is 19.3. The van der Waals surface area contributed by atoms with Gasteiger partial charge in [0, 0.05) is 35.9 Å². The van der Waals surface area contributed by atoms with Gasteiger partial charge < -0.3 is 15.7 Å². The molecule has 1 atom stereocenters. The number of nitrogens with zero attached hydrogens (tertiary/aromatic N) is 2. The molecule has 0 fully saturated rings. The summed E-state index contributed by atoms with van der Waals surface area (Å²) in [6.07, 6.45) is 2.62. The van der Waals surface area contributed by atoms with Gasteiger partial charge in [-0.2, -0.15) is 0 Å². The highest BCUT2D eigenvalue weighted by Crippen LogP contribution is 2.30. The number of guanidine groups is 1. The van der Waals surface area contributed by atoms with Gasteiger partial charge in [-0.05, 0) is 42.3 Å². The van der Waals surface area contributed by atoms with Crippen LogP contribution >= 0.6 is 35.6 Å². The van der Waals surface area contributed by atoms with Crippen LogP contribution in [0.5, 0.6) is 0 Å². The number of rotatable bonds is 7. The molecule has 154 valence electrons. The predicted molar refractivity (Wildman–Crippen MR) is 123 cm³/mol. The Balaban J connectivity index is 0.00000392. The Morgan fingerprint density at radius 2 is 1.93 bits per heavy atom. The van der Waals surface area contributed by atoms with E-state index in [-0.39, 0.29) is 35.2 Å². The quantitative estimate of drug-likeness (QED) is 0.293. The molecule has 0 saturated heterocycles. The molecule has 3 N–H and O–H groups in total. The van der Waals surface area contributed by atoms with Gasteiger partial charge in [0.25, 0.3) is 0 Å². The molecule has 0 aliphatic carbocycles. The Bertz CT molecular complexity index is 774. The topological polar surface area (TPSA) is 69.5 Å². The number of aliphatic imine (C=N–C) groups is 1. The Morgan fingerprint density at radius 1 is 1.25 bits per heavy atom. The van der Waals surface area contributed by atoms with Crippen LogP contribution in [0, 0.1) is 5.82 Å². The van der Waals surface area contributed by atoms with Crippen molar-refractivity contribution >= 4 is 41.5 Å². The molecule has 5 nitrogen and oxygen atoms in total. The lowest BCUT2D eigenvalue weighted by molar-refractivity contribution is 0.180. The monoisotopic (exact) mass is 520 g/mol. The zero-order valence-electron chi connectivity index (χ0n) is 16.2. The molecule has 2 rings (SSSR count). The molecular weight excluding hydrogens is 494 g/mol. The van der Waals surface area contributed by atoms with E-state index in [1.165, 1.54) is 12.1 Å². The lowest BCUT2D eigenvalue weighted by atomic mass is 9.84. The number of aromatic nitrogens is 1. The van der Waals surface area contributed by atoms with Gasteiger partial charge in [0.15, 0.2) is 5.96 Å². The van der Waals surface area contributed by atoms with Gasteiger partial charge in [0.1, 0.15) is 5.82 Å². The van der Waals surface area contributed by atoms with Crippen LogP contribution in [0.15, 0.2) is 47.7 Å². The first-order valence-electron chi connectivity index (χ1n) is 8.89. The van der Waals surface area contributed by atoms with Crippen LogP contribution < -0.4 is 10.6 Å². The third kappa shape index (κ3) is 7.18. The lowest BCUT2D eigenvalue weighted by Gasteiger charge is -2.25. The fourth-order valence-electron chi connectivity index (χ4n) is 2.64. The molecule has 0 aliphatic heterocycles. The summed E-state index contributed by atoms with van der Waals surface area (Å²) >= 11 is 6.20.